The predicted octanol–water partition coefficient (Wildman–Crippen LogP) is 5.24. The number of aromatic hydroxyl groups is 2. The minimum atomic E-state index is -0.689. The second kappa shape index (κ2) is 6.54. The normalized spacial score (nSPS) is 13.6. The highest BCUT2D eigenvalue weighted by molar-refractivity contribution is 5.88. The summed E-state index contributed by atoms with van der Waals surface area (Å²) in [7, 11) is 0. The minimum Gasteiger partial charge on any atom is -0.506 e. The Morgan fingerprint density at radius 3 is 1.35 bits per heavy atom. The zero-order valence-electron chi connectivity index (χ0n) is 17.5. The van der Waals surface area contributed by atoms with Gasteiger partial charge in [0.25, 0.3) is 0 Å². The van der Waals surface area contributed by atoms with Crippen molar-refractivity contribution in [3.8, 4) is 22.6 Å². The number of anilines is 2. The highest BCUT2D eigenvalue weighted by Crippen LogP contribution is 2.58. The Kier molecular flexibility index (Phi) is 4.02. The summed E-state index contributed by atoms with van der Waals surface area (Å²) in [5, 5.41) is 20.5. The van der Waals surface area contributed by atoms with E-state index in [0.29, 0.717) is 11.4 Å². The summed E-state index contributed by atoms with van der Waals surface area (Å²) in [4.78, 5) is 0. The standard InChI is InChI=1S/C27H24N2O2/c1-15-19(11-13-23(30)25(15)28)27(20-12-14-24(31)26(29)16(20)2)21-9-5-3-7-17(21)18-8-4-6-10-22(18)27/h3-14,30-31H,28-29H2,1-2H3. The number of fused-ring (bicyclic) bond motifs is 3. The van der Waals surface area contributed by atoms with E-state index in [9.17, 15) is 10.2 Å². The summed E-state index contributed by atoms with van der Waals surface area (Å²) < 4.78 is 0. The van der Waals surface area contributed by atoms with E-state index in [1.807, 2.05) is 50.2 Å². The molecule has 0 aliphatic heterocycles. The number of phenols is 2. The van der Waals surface area contributed by atoms with Crippen LogP contribution in [-0.4, -0.2) is 10.2 Å². The van der Waals surface area contributed by atoms with Gasteiger partial charge in [0.15, 0.2) is 0 Å². The van der Waals surface area contributed by atoms with E-state index in [0.717, 1.165) is 44.5 Å². The topological polar surface area (TPSA) is 92.5 Å². The molecule has 0 saturated heterocycles. The molecule has 5 rings (SSSR count). The first kappa shape index (κ1) is 19.1. The Balaban J connectivity index is 2.04. The highest BCUT2D eigenvalue weighted by atomic mass is 16.3. The van der Waals surface area contributed by atoms with E-state index in [1.165, 1.54) is 0 Å². The lowest BCUT2D eigenvalue weighted by Crippen LogP contribution is -2.31. The molecule has 1 aliphatic carbocycles. The third kappa shape index (κ3) is 2.36. The van der Waals surface area contributed by atoms with Crippen LogP contribution in [0.4, 0.5) is 11.4 Å². The van der Waals surface area contributed by atoms with E-state index in [-0.39, 0.29) is 11.5 Å². The third-order valence-corrected chi connectivity index (χ3v) is 6.74. The fourth-order valence-electron chi connectivity index (χ4n) is 5.20. The summed E-state index contributed by atoms with van der Waals surface area (Å²) in [6, 6.07) is 23.9. The van der Waals surface area contributed by atoms with Crippen LogP contribution in [0.5, 0.6) is 11.5 Å². The fourth-order valence-corrected chi connectivity index (χ4v) is 5.20. The van der Waals surface area contributed by atoms with E-state index >= 15 is 0 Å². The quantitative estimate of drug-likeness (QED) is 0.237. The molecule has 0 bridgehead atoms. The second-order valence-corrected chi connectivity index (χ2v) is 8.18. The summed E-state index contributed by atoms with van der Waals surface area (Å²) >= 11 is 0. The van der Waals surface area contributed by atoms with E-state index in [2.05, 4.69) is 24.3 Å². The lowest BCUT2D eigenvalue weighted by molar-refractivity contribution is 0.477. The number of rotatable bonds is 2. The molecule has 0 spiro atoms. The maximum Gasteiger partial charge on any atom is 0.138 e. The average Bonchev–Trinajstić information content (AvgIpc) is 3.07. The molecule has 4 aromatic rings. The summed E-state index contributed by atoms with van der Waals surface area (Å²) in [5.41, 5.74) is 20.8. The van der Waals surface area contributed by atoms with Crippen LogP contribution in [0, 0.1) is 13.8 Å². The lowest BCUT2D eigenvalue weighted by atomic mass is 9.65. The van der Waals surface area contributed by atoms with Crippen LogP contribution in [0.3, 0.4) is 0 Å². The molecule has 31 heavy (non-hydrogen) atoms. The summed E-state index contributed by atoms with van der Waals surface area (Å²) in [6.07, 6.45) is 0. The molecule has 154 valence electrons. The van der Waals surface area contributed by atoms with Crippen molar-refractivity contribution < 1.29 is 10.2 Å². The zero-order chi connectivity index (χ0) is 21.9. The smallest absolute Gasteiger partial charge is 0.138 e. The van der Waals surface area contributed by atoms with Gasteiger partial charge in [-0.3, -0.25) is 0 Å². The van der Waals surface area contributed by atoms with Crippen molar-refractivity contribution in [3.05, 3.63) is 106 Å². The molecule has 0 saturated carbocycles. The Bertz CT molecular complexity index is 1250. The molecular formula is C27H24N2O2. The number of nitrogens with two attached hydrogens (primary N) is 2. The number of hydrogen-bond donors (Lipinski definition) is 4. The zero-order valence-corrected chi connectivity index (χ0v) is 17.5. The molecule has 0 amide bonds. The van der Waals surface area contributed by atoms with Gasteiger partial charge in [-0.2, -0.15) is 0 Å². The highest BCUT2D eigenvalue weighted by Gasteiger charge is 2.48. The average molecular weight is 409 g/mol. The summed E-state index contributed by atoms with van der Waals surface area (Å²) in [6.45, 7) is 3.88. The Labute approximate surface area is 181 Å². The number of benzene rings is 4. The van der Waals surface area contributed by atoms with Crippen LogP contribution in [-0.2, 0) is 5.41 Å². The van der Waals surface area contributed by atoms with Crippen LogP contribution in [0.2, 0.25) is 0 Å². The first-order valence-electron chi connectivity index (χ1n) is 10.3. The number of nitrogen functional groups attached to an aromatic ring is 2. The van der Waals surface area contributed by atoms with Crippen LogP contribution in [0.25, 0.3) is 11.1 Å². The fraction of sp³-hybridized carbons (Fsp3) is 0.111. The van der Waals surface area contributed by atoms with E-state index in [4.69, 9.17) is 11.5 Å². The molecule has 0 radical (unpaired) electrons. The van der Waals surface area contributed by atoms with Crippen molar-refractivity contribution in [3.63, 3.8) is 0 Å². The SMILES string of the molecule is Cc1c(C2(c3ccc(O)c(N)c3C)c3ccccc3-c3ccccc32)ccc(O)c1N. The van der Waals surface area contributed by atoms with Crippen LogP contribution < -0.4 is 11.5 Å². The molecule has 6 N–H and O–H groups in total. The maximum atomic E-state index is 10.3. The molecular weight excluding hydrogens is 384 g/mol. The van der Waals surface area contributed by atoms with Crippen molar-refractivity contribution in [2.45, 2.75) is 19.3 Å². The minimum absolute atomic E-state index is 0.0675. The maximum absolute atomic E-state index is 10.3. The second-order valence-electron chi connectivity index (χ2n) is 8.18. The van der Waals surface area contributed by atoms with Gasteiger partial charge >= 0.3 is 0 Å². The van der Waals surface area contributed by atoms with Gasteiger partial charge in [0, 0.05) is 0 Å². The van der Waals surface area contributed by atoms with E-state index < -0.39 is 5.41 Å². The van der Waals surface area contributed by atoms with Crippen LogP contribution in [0.1, 0.15) is 33.4 Å². The van der Waals surface area contributed by atoms with Gasteiger partial charge in [0.2, 0.25) is 0 Å². The van der Waals surface area contributed by atoms with Gasteiger partial charge in [-0.25, -0.2) is 0 Å². The molecule has 0 unspecified atom stereocenters. The summed E-state index contributed by atoms with van der Waals surface area (Å²) in [5.74, 6) is 0.135. The monoisotopic (exact) mass is 408 g/mol. The first-order chi connectivity index (χ1) is 14.9. The number of hydrogen-bond acceptors (Lipinski definition) is 4. The van der Waals surface area contributed by atoms with Gasteiger partial charge < -0.3 is 21.7 Å². The predicted molar refractivity (Wildman–Crippen MR) is 125 cm³/mol. The number of phenolic OH excluding ortho intramolecular Hbond substituents is 2. The molecule has 4 aromatic carbocycles. The molecule has 0 atom stereocenters. The molecule has 0 aromatic heterocycles. The third-order valence-electron chi connectivity index (χ3n) is 6.74. The Hall–Kier alpha value is -3.92. The molecule has 1 aliphatic rings. The van der Waals surface area contributed by atoms with Crippen molar-refractivity contribution in [1.82, 2.24) is 0 Å². The van der Waals surface area contributed by atoms with E-state index in [1.54, 1.807) is 12.1 Å². The van der Waals surface area contributed by atoms with Gasteiger partial charge in [-0.05, 0) is 70.5 Å². The van der Waals surface area contributed by atoms with Gasteiger partial charge in [-0.15, -0.1) is 0 Å². The molecule has 0 fully saturated rings. The van der Waals surface area contributed by atoms with Crippen molar-refractivity contribution in [2.24, 2.45) is 0 Å². The van der Waals surface area contributed by atoms with Crippen LogP contribution in [0.15, 0.2) is 72.8 Å². The van der Waals surface area contributed by atoms with Crippen LogP contribution >= 0.6 is 0 Å². The van der Waals surface area contributed by atoms with Gasteiger partial charge in [-0.1, -0.05) is 60.7 Å². The van der Waals surface area contributed by atoms with Gasteiger partial charge in [0.05, 0.1) is 16.8 Å². The Morgan fingerprint density at radius 1 is 0.548 bits per heavy atom. The molecule has 4 heteroatoms. The van der Waals surface area contributed by atoms with Crippen molar-refractivity contribution in [2.75, 3.05) is 11.5 Å². The van der Waals surface area contributed by atoms with Crippen molar-refractivity contribution >= 4 is 11.4 Å². The lowest BCUT2D eigenvalue weighted by Gasteiger charge is -2.37. The molecule has 0 heterocycles. The van der Waals surface area contributed by atoms with Gasteiger partial charge in [0.1, 0.15) is 11.5 Å². The molecule has 4 nitrogen and oxygen atoms in total. The van der Waals surface area contributed by atoms with Crippen molar-refractivity contribution in [1.29, 1.82) is 0 Å². The first-order valence-corrected chi connectivity index (χ1v) is 10.3. The largest absolute Gasteiger partial charge is 0.506 e. The Morgan fingerprint density at radius 2 is 0.935 bits per heavy atom.